The monoisotopic (exact) mass is 1240 g/mol. The summed E-state index contributed by atoms with van der Waals surface area (Å²) in [6.07, 6.45) is -3.64. The summed E-state index contributed by atoms with van der Waals surface area (Å²) in [4.78, 5) is 50.7. The maximum absolute atomic E-state index is 13.7. The van der Waals surface area contributed by atoms with Crippen molar-refractivity contribution in [1.82, 2.24) is 39.0 Å². The number of aliphatic hydroxyl groups is 3. The number of aliphatic hydroxyl groups excluding tert-OH is 3. The molecule has 0 bridgehead atoms. The van der Waals surface area contributed by atoms with Crippen LogP contribution in [-0.4, -0.2) is 159 Å². The molecule has 3 saturated heterocycles. The number of nitrogens with one attached hydrogen (secondary N) is 1. The van der Waals surface area contributed by atoms with Crippen LogP contribution in [0.5, 0.6) is 5.75 Å². The quantitative estimate of drug-likeness (QED) is 0.0265. The zero-order valence-corrected chi connectivity index (χ0v) is 51.8. The van der Waals surface area contributed by atoms with Gasteiger partial charge in [0.05, 0.1) is 45.2 Å². The first kappa shape index (κ1) is 64.5. The summed E-state index contributed by atoms with van der Waals surface area (Å²) in [5.41, 5.74) is 8.53. The molecule has 0 saturated carbocycles. The number of thioether (sulfide) groups is 2. The minimum absolute atomic E-state index is 0.0604. The van der Waals surface area contributed by atoms with Crippen LogP contribution in [0, 0.1) is 10.8 Å². The van der Waals surface area contributed by atoms with E-state index in [1.165, 1.54) is 37.6 Å². The zero-order chi connectivity index (χ0) is 61.7. The van der Waals surface area contributed by atoms with Gasteiger partial charge in [0.15, 0.2) is 51.1 Å². The molecule has 3 unspecified atom stereocenters. The number of nitrogens with two attached hydrogens (primary N) is 1. The molecule has 3 aromatic carbocycles. The molecule has 0 spiro atoms. The third kappa shape index (κ3) is 14.0. The van der Waals surface area contributed by atoms with Crippen molar-refractivity contribution in [3.05, 3.63) is 127 Å². The Balaban J connectivity index is 0.000000206. The number of methoxy groups -OCH3 is 2. The molecule has 6 N–H and O–H groups in total. The predicted octanol–water partition coefficient (Wildman–Crippen LogP) is 7.42. The maximum Gasteiger partial charge on any atom is 0.475 e. The summed E-state index contributed by atoms with van der Waals surface area (Å²) < 4.78 is 68.5. The molecule has 7 aromatic rings. The van der Waals surface area contributed by atoms with Gasteiger partial charge in [0.25, 0.3) is 6.48 Å². The lowest BCUT2D eigenvalue weighted by atomic mass is 9.77. The molecule has 7 heterocycles. The van der Waals surface area contributed by atoms with Gasteiger partial charge in [-0.2, -0.15) is 0 Å². The first-order chi connectivity index (χ1) is 41.0. The van der Waals surface area contributed by atoms with E-state index in [-0.39, 0.29) is 46.4 Å². The number of phosphoric acid groups is 1. The number of fused-ring (bicyclic) bond motifs is 3. The van der Waals surface area contributed by atoms with Crippen LogP contribution in [0.15, 0.2) is 110 Å². The second-order valence-corrected chi connectivity index (χ2v) is 26.3. The largest absolute Gasteiger partial charge is 0.497 e. The Hall–Kier alpha value is -6.01. The van der Waals surface area contributed by atoms with Crippen LogP contribution < -0.4 is 15.8 Å². The van der Waals surface area contributed by atoms with E-state index in [1.54, 1.807) is 66.5 Å². The molecule has 3 aliphatic heterocycles. The topological polar surface area (TPSA) is 320 Å². The number of carbonyl (C=O) groups is 2. The highest BCUT2D eigenvalue weighted by Gasteiger charge is 2.56. The molecule has 10 rings (SSSR count). The summed E-state index contributed by atoms with van der Waals surface area (Å²) in [6, 6.07) is 28.4. The van der Waals surface area contributed by atoms with Crippen LogP contribution in [0.25, 0.3) is 22.3 Å². The third-order valence-corrected chi connectivity index (χ3v) is 18.4. The van der Waals surface area contributed by atoms with Crippen LogP contribution >= 0.6 is 31.3 Å². The maximum atomic E-state index is 13.7. The van der Waals surface area contributed by atoms with Crippen LogP contribution in [-0.2, 0) is 56.9 Å². The lowest BCUT2D eigenvalue weighted by Gasteiger charge is -2.37. The summed E-state index contributed by atoms with van der Waals surface area (Å²) in [7, 11) is -1.12. The van der Waals surface area contributed by atoms with E-state index in [2.05, 4.69) is 61.7 Å². The van der Waals surface area contributed by atoms with Crippen molar-refractivity contribution in [3.8, 4) is 5.75 Å². The number of carbonyl (C=O) groups excluding carboxylic acids is 2. The smallest absolute Gasteiger partial charge is 0.475 e. The number of phosphoric ester groups is 1. The number of nitrogens with zero attached hydrogens (tertiary/aromatic N) is 8. The predicted molar refractivity (Wildman–Crippen MR) is 320 cm³/mol. The summed E-state index contributed by atoms with van der Waals surface area (Å²) in [5, 5.41) is 35.7. The molecular formula is C58H73N10O15PS2. The first-order valence-corrected chi connectivity index (χ1v) is 31.2. The van der Waals surface area contributed by atoms with Crippen molar-refractivity contribution in [2.75, 3.05) is 50.0 Å². The number of ether oxygens (including phenoxy) is 6. The lowest BCUT2D eigenvalue weighted by Crippen LogP contribution is -2.38. The van der Waals surface area contributed by atoms with Gasteiger partial charge >= 0.3 is 7.82 Å². The SMILES string of the molecule is CC(OP(=O)(OCCSC(=O)C(C)(C)C)OCCSC(=O)C(C)(C)C)[C@H]1O[C@@H](n2cnc3c(N)ncnc32)[C@H](O)[C@@H]1O.COc1ccc(C(Nc2ncnc3c2ncn3[C@@H]2O[C@H](C(C)O)[C@H]3OC(OC)O[C@H]32)(c2ccccc2)c2ccccc2)cc1. The van der Waals surface area contributed by atoms with Gasteiger partial charge in [-0.25, -0.2) is 34.5 Å². The molecule has 0 amide bonds. The number of anilines is 2. The summed E-state index contributed by atoms with van der Waals surface area (Å²) in [5.74, 6) is 1.81. The average molecular weight is 1250 g/mol. The van der Waals surface area contributed by atoms with Crippen molar-refractivity contribution >= 4 is 75.5 Å². The highest BCUT2D eigenvalue weighted by Crippen LogP contribution is 2.52. The lowest BCUT2D eigenvalue weighted by molar-refractivity contribution is -0.259. The van der Waals surface area contributed by atoms with E-state index in [0.717, 1.165) is 46.0 Å². The highest BCUT2D eigenvalue weighted by molar-refractivity contribution is 8.14. The average Bonchev–Trinajstić information content (AvgIpc) is 1.59. The number of imidazole rings is 2. The standard InChI is InChI=1S/C33H33N5O6.C25H40N5O9PS2/c1-20(39)26-27-28(44-32(41-3)43-27)31(42-26)38-19-36-25-29(34-18-35-30(25)38)37-33(21-10-6-4-7-11-21,22-12-8-5-9-13-22)23-14-16-24(40-2)17-15-23;1-14(18-16(31)17(32)21(38-18)30-13-29-15-19(26)27-12-28-20(15)30)39-40(35,36-8-10-41-22(33)24(2,3)4)37-9-11-42-23(34)25(5,6)7/h4-20,26-28,31-32,39H,1-3H3,(H,34,35,37);12-14,16-18,21,31-32H,8-11H2,1-7H3,(H2,26,27,28)/t20?,26-,27-,28-,31-,32?;14?,16-,17+,18+,21+/m10/s1. The summed E-state index contributed by atoms with van der Waals surface area (Å²) in [6.45, 7) is 12.8. The number of hydrogen-bond donors (Lipinski definition) is 5. The molecular weight excluding hydrogens is 1170 g/mol. The second-order valence-electron chi connectivity index (χ2n) is 22.6. The van der Waals surface area contributed by atoms with E-state index in [0.29, 0.717) is 22.5 Å². The van der Waals surface area contributed by atoms with Crippen molar-refractivity contribution in [1.29, 1.82) is 0 Å². The molecule has 25 nitrogen and oxygen atoms in total. The fourth-order valence-electron chi connectivity index (χ4n) is 9.94. The van der Waals surface area contributed by atoms with Gasteiger partial charge in [0.1, 0.15) is 66.1 Å². The third-order valence-electron chi connectivity index (χ3n) is 14.4. The Labute approximate surface area is 506 Å². The Morgan fingerprint density at radius 2 is 1.19 bits per heavy atom. The van der Waals surface area contributed by atoms with Crippen LogP contribution in [0.2, 0.25) is 0 Å². The van der Waals surface area contributed by atoms with Gasteiger partial charge in [-0.05, 0) is 42.7 Å². The van der Waals surface area contributed by atoms with E-state index in [4.69, 9.17) is 57.7 Å². The Morgan fingerprint density at radius 1 is 0.674 bits per heavy atom. The van der Waals surface area contributed by atoms with Gasteiger partial charge in [-0.15, -0.1) is 0 Å². The molecule has 0 radical (unpaired) electrons. The Bertz CT molecular complexity index is 3390. The van der Waals surface area contributed by atoms with E-state index < -0.39 is 92.0 Å². The van der Waals surface area contributed by atoms with E-state index >= 15 is 0 Å². The number of rotatable bonds is 21. The molecule has 3 fully saturated rings. The number of benzene rings is 3. The van der Waals surface area contributed by atoms with Crippen LogP contribution in [0.3, 0.4) is 0 Å². The fourth-order valence-corrected chi connectivity index (χ4v) is 13.1. The second kappa shape index (κ2) is 27.2. The normalized spacial score (nSPS) is 23.2. The molecule has 0 aliphatic carbocycles. The number of aromatic nitrogens is 8. The molecule has 4 aromatic heterocycles. The Morgan fingerprint density at radius 3 is 1.73 bits per heavy atom. The number of hydrogen-bond acceptors (Lipinski definition) is 25. The van der Waals surface area contributed by atoms with Gasteiger partial charge in [-0.1, -0.05) is 138 Å². The molecule has 11 atom stereocenters. The van der Waals surface area contributed by atoms with E-state index in [9.17, 15) is 29.5 Å². The van der Waals surface area contributed by atoms with Gasteiger partial charge in [0, 0.05) is 29.4 Å². The van der Waals surface area contributed by atoms with Gasteiger partial charge < -0.3 is 54.8 Å². The Kier molecular flexibility index (Phi) is 20.4. The van der Waals surface area contributed by atoms with Crippen molar-refractivity contribution in [2.45, 2.75) is 129 Å². The van der Waals surface area contributed by atoms with Crippen molar-refractivity contribution in [3.63, 3.8) is 0 Å². The fraction of sp³-hybridized carbons (Fsp3) is 0.483. The molecule has 3 aliphatic rings. The van der Waals surface area contributed by atoms with Gasteiger partial charge in [-0.3, -0.25) is 32.3 Å². The van der Waals surface area contributed by atoms with Crippen LogP contribution in [0.4, 0.5) is 11.6 Å². The number of nitrogen functional groups attached to an aromatic ring is 1. The van der Waals surface area contributed by atoms with Gasteiger partial charge in [0.2, 0.25) is 0 Å². The summed E-state index contributed by atoms with van der Waals surface area (Å²) >= 11 is 2.07. The first-order valence-electron chi connectivity index (χ1n) is 27.7. The molecule has 28 heteroatoms. The van der Waals surface area contributed by atoms with Crippen LogP contribution in [0.1, 0.15) is 84.5 Å². The molecule has 462 valence electrons. The zero-order valence-electron chi connectivity index (χ0n) is 49.2. The minimum atomic E-state index is -4.28. The minimum Gasteiger partial charge on any atom is -0.497 e. The highest BCUT2D eigenvalue weighted by atomic mass is 32.2. The molecule has 86 heavy (non-hydrogen) atoms. The van der Waals surface area contributed by atoms with Crippen molar-refractivity contribution in [2.24, 2.45) is 10.8 Å². The van der Waals surface area contributed by atoms with E-state index in [1.807, 2.05) is 48.5 Å². The van der Waals surface area contributed by atoms with Crippen molar-refractivity contribution < 1.29 is 71.5 Å².